The first-order chi connectivity index (χ1) is 7.99. The number of carbonyl (C=O) groups is 1. The van der Waals surface area contributed by atoms with Crippen molar-refractivity contribution in [2.24, 2.45) is 0 Å². The molecule has 0 aliphatic carbocycles. The Bertz CT molecular complexity index is 454. The van der Waals surface area contributed by atoms with Crippen LogP contribution in [0.3, 0.4) is 0 Å². The molecule has 92 valence electrons. The summed E-state index contributed by atoms with van der Waals surface area (Å²) in [5, 5.41) is 0. The van der Waals surface area contributed by atoms with Gasteiger partial charge >= 0.3 is 0 Å². The second-order valence-electron chi connectivity index (χ2n) is 4.80. The first kappa shape index (κ1) is 11.8. The third-order valence-electron chi connectivity index (χ3n) is 3.28. The molecule has 0 bridgehead atoms. The molecule has 0 unspecified atom stereocenters. The van der Waals surface area contributed by atoms with Gasteiger partial charge in [-0.2, -0.15) is 0 Å². The first-order valence-corrected chi connectivity index (χ1v) is 5.83. The van der Waals surface area contributed by atoms with Crippen LogP contribution in [0, 0.1) is 6.92 Å². The third kappa shape index (κ3) is 2.20. The van der Waals surface area contributed by atoms with E-state index in [1.165, 1.54) is 5.56 Å². The van der Waals surface area contributed by atoms with E-state index in [1.807, 2.05) is 13.0 Å². The lowest BCUT2D eigenvalue weighted by Crippen LogP contribution is -2.35. The van der Waals surface area contributed by atoms with E-state index in [1.54, 1.807) is 19.0 Å². The highest BCUT2D eigenvalue weighted by atomic mass is 16.2. The average Bonchev–Trinajstić information content (AvgIpc) is 2.62. The maximum atomic E-state index is 11.7. The van der Waals surface area contributed by atoms with E-state index >= 15 is 0 Å². The molecule has 1 aromatic carbocycles. The minimum absolute atomic E-state index is 0.122. The van der Waals surface area contributed by atoms with Gasteiger partial charge in [0.1, 0.15) is 0 Å². The van der Waals surface area contributed by atoms with Crippen LogP contribution in [0.25, 0.3) is 0 Å². The van der Waals surface area contributed by atoms with E-state index in [2.05, 4.69) is 11.0 Å². The van der Waals surface area contributed by atoms with Crippen LogP contribution >= 0.6 is 0 Å². The molecule has 17 heavy (non-hydrogen) atoms. The van der Waals surface area contributed by atoms with E-state index in [0.29, 0.717) is 6.54 Å². The SMILES string of the molecule is Cc1cc2c(cc1N)N(CC(=O)N(C)C)CC2. The van der Waals surface area contributed by atoms with E-state index in [9.17, 15) is 4.79 Å². The number of benzene rings is 1. The zero-order valence-corrected chi connectivity index (χ0v) is 10.7. The Morgan fingerprint density at radius 1 is 1.47 bits per heavy atom. The maximum absolute atomic E-state index is 11.7. The highest BCUT2D eigenvalue weighted by molar-refractivity contribution is 5.82. The van der Waals surface area contributed by atoms with Gasteiger partial charge in [-0.05, 0) is 30.5 Å². The van der Waals surface area contributed by atoms with Gasteiger partial charge in [-0.25, -0.2) is 0 Å². The number of hydrogen-bond acceptors (Lipinski definition) is 3. The van der Waals surface area contributed by atoms with E-state index < -0.39 is 0 Å². The molecule has 0 atom stereocenters. The lowest BCUT2D eigenvalue weighted by atomic mass is 10.1. The summed E-state index contributed by atoms with van der Waals surface area (Å²) < 4.78 is 0. The smallest absolute Gasteiger partial charge is 0.241 e. The predicted molar refractivity (Wildman–Crippen MR) is 70.2 cm³/mol. The zero-order valence-electron chi connectivity index (χ0n) is 10.7. The first-order valence-electron chi connectivity index (χ1n) is 5.83. The standard InChI is InChI=1S/C13H19N3O/c1-9-6-10-4-5-16(8-13(17)15(2)3)12(10)7-11(9)14/h6-7H,4-5,8,14H2,1-3H3. The van der Waals surface area contributed by atoms with Crippen molar-refractivity contribution in [3.63, 3.8) is 0 Å². The fraction of sp³-hybridized carbons (Fsp3) is 0.462. The van der Waals surface area contributed by atoms with Gasteiger partial charge < -0.3 is 15.5 Å². The van der Waals surface area contributed by atoms with Crippen LogP contribution < -0.4 is 10.6 Å². The fourth-order valence-corrected chi connectivity index (χ4v) is 2.11. The number of hydrogen-bond donors (Lipinski definition) is 1. The van der Waals surface area contributed by atoms with Crippen LogP contribution in [0.4, 0.5) is 11.4 Å². The molecule has 0 spiro atoms. The van der Waals surface area contributed by atoms with Crippen molar-refractivity contribution in [1.82, 2.24) is 4.90 Å². The maximum Gasteiger partial charge on any atom is 0.241 e. The van der Waals surface area contributed by atoms with Gasteiger partial charge in [0.2, 0.25) is 5.91 Å². The number of anilines is 2. The van der Waals surface area contributed by atoms with Gasteiger partial charge in [0, 0.05) is 32.0 Å². The van der Waals surface area contributed by atoms with Crippen LogP contribution in [-0.4, -0.2) is 38.0 Å². The number of nitrogens with zero attached hydrogens (tertiary/aromatic N) is 2. The molecule has 1 amide bonds. The van der Waals surface area contributed by atoms with Crippen LogP contribution in [0.1, 0.15) is 11.1 Å². The molecular weight excluding hydrogens is 214 g/mol. The Kier molecular flexibility index (Phi) is 2.96. The highest BCUT2D eigenvalue weighted by Gasteiger charge is 2.22. The van der Waals surface area contributed by atoms with Gasteiger partial charge in [-0.1, -0.05) is 6.07 Å². The molecular formula is C13H19N3O. The summed E-state index contributed by atoms with van der Waals surface area (Å²) >= 11 is 0. The third-order valence-corrected chi connectivity index (χ3v) is 3.28. The normalized spacial score (nSPS) is 13.7. The molecule has 2 rings (SSSR count). The molecule has 0 radical (unpaired) electrons. The van der Waals surface area contributed by atoms with Gasteiger partial charge in [-0.3, -0.25) is 4.79 Å². The van der Waals surface area contributed by atoms with Crippen molar-refractivity contribution in [3.8, 4) is 0 Å². The summed E-state index contributed by atoms with van der Waals surface area (Å²) in [4.78, 5) is 15.4. The van der Waals surface area contributed by atoms with Gasteiger partial charge in [0.05, 0.1) is 6.54 Å². The van der Waals surface area contributed by atoms with Crippen molar-refractivity contribution in [1.29, 1.82) is 0 Å². The number of amides is 1. The van der Waals surface area contributed by atoms with Crippen LogP contribution in [-0.2, 0) is 11.2 Å². The Morgan fingerprint density at radius 2 is 2.18 bits per heavy atom. The molecule has 0 saturated heterocycles. The lowest BCUT2D eigenvalue weighted by Gasteiger charge is -2.21. The monoisotopic (exact) mass is 233 g/mol. The second-order valence-corrected chi connectivity index (χ2v) is 4.80. The van der Waals surface area contributed by atoms with Crippen molar-refractivity contribution in [2.75, 3.05) is 37.8 Å². The molecule has 2 N–H and O–H groups in total. The van der Waals surface area contributed by atoms with Gasteiger partial charge in [0.25, 0.3) is 0 Å². The topological polar surface area (TPSA) is 49.6 Å². The molecule has 0 fully saturated rings. The summed E-state index contributed by atoms with van der Waals surface area (Å²) in [6.45, 7) is 3.35. The number of aryl methyl sites for hydroxylation is 1. The van der Waals surface area contributed by atoms with E-state index in [0.717, 1.165) is 29.9 Å². The predicted octanol–water partition coefficient (Wildman–Crippen LogP) is 1.03. The molecule has 1 aliphatic rings. The molecule has 1 aliphatic heterocycles. The average molecular weight is 233 g/mol. The summed E-state index contributed by atoms with van der Waals surface area (Å²) in [6, 6.07) is 4.12. The molecule has 1 aromatic rings. The summed E-state index contributed by atoms with van der Waals surface area (Å²) in [7, 11) is 3.56. The number of carbonyl (C=O) groups excluding carboxylic acids is 1. The van der Waals surface area contributed by atoms with Gasteiger partial charge in [0.15, 0.2) is 0 Å². The number of likely N-dealkylation sites (N-methyl/N-ethyl adjacent to an activating group) is 1. The Morgan fingerprint density at radius 3 is 2.82 bits per heavy atom. The Labute approximate surface area is 102 Å². The van der Waals surface area contributed by atoms with Crippen molar-refractivity contribution in [3.05, 3.63) is 23.3 Å². The Hall–Kier alpha value is -1.71. The van der Waals surface area contributed by atoms with Crippen LogP contribution in [0.15, 0.2) is 12.1 Å². The van der Waals surface area contributed by atoms with E-state index in [4.69, 9.17) is 5.73 Å². The summed E-state index contributed by atoms with van der Waals surface area (Å²) in [6.07, 6.45) is 0.997. The molecule has 4 nitrogen and oxygen atoms in total. The summed E-state index contributed by atoms with van der Waals surface area (Å²) in [5.74, 6) is 0.122. The lowest BCUT2D eigenvalue weighted by molar-refractivity contribution is -0.127. The van der Waals surface area contributed by atoms with E-state index in [-0.39, 0.29) is 5.91 Å². The minimum Gasteiger partial charge on any atom is -0.398 e. The van der Waals surface area contributed by atoms with Crippen molar-refractivity contribution in [2.45, 2.75) is 13.3 Å². The minimum atomic E-state index is 0.122. The zero-order chi connectivity index (χ0) is 12.6. The number of nitrogens with two attached hydrogens (primary N) is 1. The largest absolute Gasteiger partial charge is 0.398 e. The number of fused-ring (bicyclic) bond motifs is 1. The molecule has 0 aromatic heterocycles. The molecule has 0 saturated carbocycles. The van der Waals surface area contributed by atoms with Crippen LogP contribution in [0.5, 0.6) is 0 Å². The van der Waals surface area contributed by atoms with Crippen molar-refractivity contribution < 1.29 is 4.79 Å². The second kappa shape index (κ2) is 4.28. The summed E-state index contributed by atoms with van der Waals surface area (Å²) in [5.41, 5.74) is 10.2. The van der Waals surface area contributed by atoms with Crippen molar-refractivity contribution >= 4 is 17.3 Å². The number of rotatable bonds is 2. The van der Waals surface area contributed by atoms with Gasteiger partial charge in [-0.15, -0.1) is 0 Å². The molecule has 4 heteroatoms. The molecule has 1 heterocycles. The highest BCUT2D eigenvalue weighted by Crippen LogP contribution is 2.31. The fourth-order valence-electron chi connectivity index (χ4n) is 2.11. The van der Waals surface area contributed by atoms with Crippen LogP contribution in [0.2, 0.25) is 0 Å². The Balaban J connectivity index is 2.22. The number of nitrogen functional groups attached to an aromatic ring is 1. The quantitative estimate of drug-likeness (QED) is 0.776.